The third kappa shape index (κ3) is 3.00. The first kappa shape index (κ1) is 11.0. The summed E-state index contributed by atoms with van der Waals surface area (Å²) in [6.07, 6.45) is 1.33. The number of thiazole rings is 1. The normalized spacial score (nSPS) is 21.4. The number of rotatable bonds is 4. The van der Waals surface area contributed by atoms with Crippen LogP contribution in [0.15, 0.2) is 5.51 Å². The van der Waals surface area contributed by atoms with Crippen LogP contribution >= 0.6 is 11.3 Å². The van der Waals surface area contributed by atoms with Crippen LogP contribution in [0.3, 0.4) is 0 Å². The van der Waals surface area contributed by atoms with Gasteiger partial charge in [-0.3, -0.25) is 0 Å². The van der Waals surface area contributed by atoms with Crippen molar-refractivity contribution in [3.8, 4) is 0 Å². The zero-order valence-electron chi connectivity index (χ0n) is 9.49. The predicted molar refractivity (Wildman–Crippen MR) is 64.2 cm³/mol. The molecule has 1 aromatic rings. The van der Waals surface area contributed by atoms with Crippen molar-refractivity contribution in [3.05, 3.63) is 16.1 Å². The number of hydrogen-bond acceptors (Lipinski definition) is 4. The van der Waals surface area contributed by atoms with Gasteiger partial charge in [0.1, 0.15) is 0 Å². The number of nitrogens with one attached hydrogen (secondary N) is 1. The summed E-state index contributed by atoms with van der Waals surface area (Å²) in [5.41, 5.74) is 3.13. The molecule has 2 heterocycles. The molecule has 0 aromatic carbocycles. The fourth-order valence-electron chi connectivity index (χ4n) is 2.10. The molecule has 0 radical (unpaired) electrons. The van der Waals surface area contributed by atoms with Crippen LogP contribution in [0.1, 0.15) is 17.0 Å². The molecule has 0 aliphatic carbocycles. The van der Waals surface area contributed by atoms with Crippen LogP contribution in [-0.2, 0) is 6.54 Å². The highest BCUT2D eigenvalue weighted by Crippen LogP contribution is 2.16. The van der Waals surface area contributed by atoms with Gasteiger partial charge < -0.3 is 10.2 Å². The molecule has 1 aliphatic heterocycles. The topological polar surface area (TPSA) is 28.2 Å². The molecule has 0 bridgehead atoms. The maximum atomic E-state index is 4.28. The molecule has 1 saturated heterocycles. The van der Waals surface area contributed by atoms with Gasteiger partial charge in [-0.25, -0.2) is 4.98 Å². The van der Waals surface area contributed by atoms with E-state index < -0.39 is 0 Å². The summed E-state index contributed by atoms with van der Waals surface area (Å²) in [6.45, 7) is 6.72. The maximum absolute atomic E-state index is 4.28. The smallest absolute Gasteiger partial charge is 0.0798 e. The van der Waals surface area contributed by atoms with Crippen molar-refractivity contribution in [2.75, 3.05) is 26.7 Å². The SMILES string of the molecule is Cc1ncsc1CN(C)C[C@H]1CCNC1. The van der Waals surface area contributed by atoms with Gasteiger partial charge in [-0.2, -0.15) is 0 Å². The van der Waals surface area contributed by atoms with Gasteiger partial charge in [-0.05, 0) is 39.4 Å². The molecule has 1 N–H and O–H groups in total. The minimum atomic E-state index is 0.836. The Bertz CT molecular complexity index is 305. The Morgan fingerprint density at radius 1 is 1.67 bits per heavy atom. The highest BCUT2D eigenvalue weighted by atomic mass is 32.1. The van der Waals surface area contributed by atoms with Crippen LogP contribution < -0.4 is 5.32 Å². The van der Waals surface area contributed by atoms with E-state index in [1.165, 1.54) is 36.6 Å². The monoisotopic (exact) mass is 225 g/mol. The summed E-state index contributed by atoms with van der Waals surface area (Å²) in [5.74, 6) is 0.836. The minimum Gasteiger partial charge on any atom is -0.316 e. The Kier molecular flexibility index (Phi) is 3.72. The van der Waals surface area contributed by atoms with Gasteiger partial charge in [0.25, 0.3) is 0 Å². The predicted octanol–water partition coefficient (Wildman–Crippen LogP) is 1.49. The summed E-state index contributed by atoms with van der Waals surface area (Å²) in [5, 5.41) is 3.41. The van der Waals surface area contributed by atoms with Crippen molar-refractivity contribution in [2.24, 2.45) is 5.92 Å². The number of aryl methyl sites for hydroxylation is 1. The van der Waals surface area contributed by atoms with E-state index in [0.29, 0.717) is 0 Å². The highest BCUT2D eigenvalue weighted by molar-refractivity contribution is 7.09. The third-order valence-corrected chi connectivity index (χ3v) is 3.91. The Balaban J connectivity index is 1.81. The van der Waals surface area contributed by atoms with Crippen molar-refractivity contribution < 1.29 is 0 Å². The molecule has 1 atom stereocenters. The average molecular weight is 225 g/mol. The van der Waals surface area contributed by atoms with Crippen molar-refractivity contribution in [1.29, 1.82) is 0 Å². The zero-order valence-corrected chi connectivity index (χ0v) is 10.3. The molecule has 0 saturated carbocycles. The van der Waals surface area contributed by atoms with Crippen LogP contribution in [-0.4, -0.2) is 36.6 Å². The van der Waals surface area contributed by atoms with E-state index in [1.807, 2.05) is 5.51 Å². The lowest BCUT2D eigenvalue weighted by Gasteiger charge is -2.19. The molecule has 0 unspecified atom stereocenters. The Hall–Kier alpha value is -0.450. The van der Waals surface area contributed by atoms with Crippen LogP contribution in [0, 0.1) is 12.8 Å². The Morgan fingerprint density at radius 2 is 2.53 bits per heavy atom. The van der Waals surface area contributed by atoms with Crippen molar-refractivity contribution in [1.82, 2.24) is 15.2 Å². The van der Waals surface area contributed by atoms with Crippen molar-refractivity contribution in [3.63, 3.8) is 0 Å². The van der Waals surface area contributed by atoms with Crippen LogP contribution in [0.25, 0.3) is 0 Å². The average Bonchev–Trinajstić information content (AvgIpc) is 2.79. The first-order valence-electron chi connectivity index (χ1n) is 5.54. The number of aromatic nitrogens is 1. The van der Waals surface area contributed by atoms with Gasteiger partial charge in [0.2, 0.25) is 0 Å². The summed E-state index contributed by atoms with van der Waals surface area (Å²) in [6, 6.07) is 0. The minimum absolute atomic E-state index is 0.836. The molecule has 1 aliphatic rings. The molecule has 2 rings (SSSR count). The molecule has 4 heteroatoms. The fraction of sp³-hybridized carbons (Fsp3) is 0.727. The first-order valence-corrected chi connectivity index (χ1v) is 6.42. The van der Waals surface area contributed by atoms with Gasteiger partial charge in [-0.15, -0.1) is 11.3 Å². The first-order chi connectivity index (χ1) is 7.25. The van der Waals surface area contributed by atoms with E-state index in [-0.39, 0.29) is 0 Å². The van der Waals surface area contributed by atoms with Crippen LogP contribution in [0.2, 0.25) is 0 Å². The van der Waals surface area contributed by atoms with E-state index in [1.54, 1.807) is 11.3 Å². The van der Waals surface area contributed by atoms with Crippen molar-refractivity contribution in [2.45, 2.75) is 19.9 Å². The largest absolute Gasteiger partial charge is 0.316 e. The number of nitrogens with zero attached hydrogens (tertiary/aromatic N) is 2. The molecule has 0 spiro atoms. The molecule has 3 nitrogen and oxygen atoms in total. The van der Waals surface area contributed by atoms with Crippen LogP contribution in [0.5, 0.6) is 0 Å². The zero-order chi connectivity index (χ0) is 10.7. The summed E-state index contributed by atoms with van der Waals surface area (Å²) in [7, 11) is 2.21. The Morgan fingerprint density at radius 3 is 3.13 bits per heavy atom. The molecular formula is C11H19N3S. The third-order valence-electron chi connectivity index (χ3n) is 2.99. The number of hydrogen-bond donors (Lipinski definition) is 1. The summed E-state index contributed by atoms with van der Waals surface area (Å²) >= 11 is 1.77. The maximum Gasteiger partial charge on any atom is 0.0798 e. The summed E-state index contributed by atoms with van der Waals surface area (Å²) < 4.78 is 0. The van der Waals surface area contributed by atoms with E-state index in [2.05, 4.69) is 29.2 Å². The quantitative estimate of drug-likeness (QED) is 0.841. The van der Waals surface area contributed by atoms with Gasteiger partial charge in [-0.1, -0.05) is 0 Å². The fourth-order valence-corrected chi connectivity index (χ4v) is 2.95. The van der Waals surface area contributed by atoms with E-state index in [0.717, 1.165) is 12.5 Å². The Labute approximate surface area is 95.5 Å². The molecule has 15 heavy (non-hydrogen) atoms. The van der Waals surface area contributed by atoms with Gasteiger partial charge in [0.15, 0.2) is 0 Å². The lowest BCUT2D eigenvalue weighted by molar-refractivity contribution is 0.280. The molecular weight excluding hydrogens is 206 g/mol. The summed E-state index contributed by atoms with van der Waals surface area (Å²) in [4.78, 5) is 8.10. The molecule has 1 aromatic heterocycles. The van der Waals surface area contributed by atoms with Crippen LogP contribution in [0.4, 0.5) is 0 Å². The molecule has 84 valence electrons. The van der Waals surface area contributed by atoms with Crippen molar-refractivity contribution >= 4 is 11.3 Å². The second kappa shape index (κ2) is 5.05. The lowest BCUT2D eigenvalue weighted by atomic mass is 10.1. The second-order valence-electron chi connectivity index (χ2n) is 4.42. The van der Waals surface area contributed by atoms with E-state index in [4.69, 9.17) is 0 Å². The standard InChI is InChI=1S/C11H19N3S/c1-9-11(15-8-13-9)7-14(2)6-10-3-4-12-5-10/h8,10,12H,3-7H2,1-2H3/t10-/m0/s1. The van der Waals surface area contributed by atoms with Gasteiger partial charge >= 0.3 is 0 Å². The van der Waals surface area contributed by atoms with Gasteiger partial charge in [0, 0.05) is 18.0 Å². The second-order valence-corrected chi connectivity index (χ2v) is 5.36. The van der Waals surface area contributed by atoms with E-state index in [9.17, 15) is 0 Å². The molecule has 1 fully saturated rings. The lowest BCUT2D eigenvalue weighted by Crippen LogP contribution is -2.26. The van der Waals surface area contributed by atoms with Gasteiger partial charge in [0.05, 0.1) is 11.2 Å². The molecule has 0 amide bonds. The van der Waals surface area contributed by atoms with E-state index >= 15 is 0 Å². The highest BCUT2D eigenvalue weighted by Gasteiger charge is 2.16.